The molecule has 0 bridgehead atoms. The van der Waals surface area contributed by atoms with Gasteiger partial charge in [-0.25, -0.2) is 4.79 Å². The van der Waals surface area contributed by atoms with Crippen LogP contribution in [0.2, 0.25) is 0 Å². The van der Waals surface area contributed by atoms with E-state index in [9.17, 15) is 37.9 Å². The Labute approximate surface area is 193 Å². The summed E-state index contributed by atoms with van der Waals surface area (Å²) in [6.45, 7) is -0.922. The second kappa shape index (κ2) is 8.65. The highest BCUT2D eigenvalue weighted by molar-refractivity contribution is 6.04. The molecule has 0 fully saturated rings. The molecule has 1 amide bonds. The zero-order valence-corrected chi connectivity index (χ0v) is 17.5. The maximum absolute atomic E-state index is 13.4. The Bertz CT molecular complexity index is 1460. The lowest BCUT2D eigenvalue weighted by atomic mass is 9.99. The van der Waals surface area contributed by atoms with Crippen molar-refractivity contribution in [2.24, 2.45) is 5.90 Å². The average molecular weight is 488 g/mol. The molecular formula is C22H15F3N4O6. The van der Waals surface area contributed by atoms with Crippen LogP contribution in [-0.2, 0) is 15.8 Å². The van der Waals surface area contributed by atoms with Gasteiger partial charge in [0.15, 0.2) is 0 Å². The number of nitriles is 1. The molecule has 35 heavy (non-hydrogen) atoms. The van der Waals surface area contributed by atoms with Gasteiger partial charge in [0.25, 0.3) is 11.5 Å². The molecule has 1 aliphatic rings. The molecule has 180 valence electrons. The van der Waals surface area contributed by atoms with Crippen LogP contribution in [0.3, 0.4) is 0 Å². The van der Waals surface area contributed by atoms with E-state index in [1.165, 1.54) is 24.3 Å². The van der Waals surface area contributed by atoms with Gasteiger partial charge in [0.2, 0.25) is 0 Å². The SMILES string of the molecule is N#Cc1cc2c3c(c1)c(O)c(C(=O)NCC(=O)ON)c(=O)n3C(c1ccc(C(F)(F)F)cc1)CO2. The number of carbonyl (C=O) groups is 2. The lowest BCUT2D eigenvalue weighted by Crippen LogP contribution is -2.40. The van der Waals surface area contributed by atoms with Crippen LogP contribution in [0.15, 0.2) is 41.2 Å². The molecule has 10 nitrogen and oxygen atoms in total. The van der Waals surface area contributed by atoms with E-state index in [1.54, 1.807) is 0 Å². The second-order valence-electron chi connectivity index (χ2n) is 7.50. The number of benzene rings is 2. The Kier molecular flexibility index (Phi) is 5.83. The molecule has 1 aromatic heterocycles. The summed E-state index contributed by atoms with van der Waals surface area (Å²) in [4.78, 5) is 41.4. The standard InChI is InChI=1S/C22H15F3N4O6/c23-22(24,25)12-3-1-11(2-4-12)14-9-34-15-6-10(7-26)5-13-18(15)29(14)21(33)17(19(13)31)20(32)28-8-16(30)35-27/h1-6,14,31H,8-9,27H2,(H,28,32). The lowest BCUT2D eigenvalue weighted by Gasteiger charge is -2.30. The minimum atomic E-state index is -4.57. The summed E-state index contributed by atoms with van der Waals surface area (Å²) < 4.78 is 45.8. The van der Waals surface area contributed by atoms with Crippen molar-refractivity contribution in [1.29, 1.82) is 5.26 Å². The van der Waals surface area contributed by atoms with Crippen molar-refractivity contribution < 1.29 is 37.4 Å². The molecule has 0 saturated carbocycles. The summed E-state index contributed by atoms with van der Waals surface area (Å²) in [5.41, 5.74) is -2.28. The predicted octanol–water partition coefficient (Wildman–Crippen LogP) is 1.73. The van der Waals surface area contributed by atoms with E-state index in [0.717, 1.165) is 16.7 Å². The number of nitrogens with one attached hydrogen (secondary N) is 1. The number of aromatic hydroxyl groups is 1. The van der Waals surface area contributed by atoms with Gasteiger partial charge in [-0.2, -0.15) is 24.3 Å². The largest absolute Gasteiger partial charge is 0.506 e. The van der Waals surface area contributed by atoms with E-state index in [1.807, 2.05) is 6.07 Å². The van der Waals surface area contributed by atoms with Gasteiger partial charge < -0.3 is 20.0 Å². The number of nitrogens with two attached hydrogens (primary N) is 1. The van der Waals surface area contributed by atoms with E-state index in [-0.39, 0.29) is 34.4 Å². The van der Waals surface area contributed by atoms with Gasteiger partial charge >= 0.3 is 12.1 Å². The van der Waals surface area contributed by atoms with Crippen molar-refractivity contribution in [2.45, 2.75) is 12.2 Å². The number of halogens is 3. The van der Waals surface area contributed by atoms with E-state index in [0.29, 0.717) is 0 Å². The van der Waals surface area contributed by atoms with Crippen molar-refractivity contribution in [1.82, 2.24) is 9.88 Å². The fraction of sp³-hybridized carbons (Fsp3) is 0.182. The Morgan fingerprint density at radius 3 is 2.57 bits per heavy atom. The van der Waals surface area contributed by atoms with Crippen molar-refractivity contribution in [3.05, 3.63) is 69.0 Å². The van der Waals surface area contributed by atoms with Crippen LogP contribution in [0.25, 0.3) is 10.9 Å². The van der Waals surface area contributed by atoms with Crippen LogP contribution >= 0.6 is 0 Å². The van der Waals surface area contributed by atoms with E-state index in [4.69, 9.17) is 10.6 Å². The molecule has 2 aromatic carbocycles. The number of alkyl halides is 3. The third-order valence-corrected chi connectivity index (χ3v) is 5.45. The zero-order chi connectivity index (χ0) is 25.5. The number of amides is 1. The van der Waals surface area contributed by atoms with E-state index >= 15 is 0 Å². The molecule has 0 radical (unpaired) electrons. The molecule has 1 unspecified atom stereocenters. The predicted molar refractivity (Wildman–Crippen MR) is 112 cm³/mol. The first-order valence-electron chi connectivity index (χ1n) is 9.89. The summed E-state index contributed by atoms with van der Waals surface area (Å²) in [6, 6.07) is 7.50. The molecular weight excluding hydrogens is 473 g/mol. The Balaban J connectivity index is 1.94. The minimum absolute atomic E-state index is 0.0422. The third kappa shape index (κ3) is 4.11. The lowest BCUT2D eigenvalue weighted by molar-refractivity contribution is -0.143. The zero-order valence-electron chi connectivity index (χ0n) is 17.5. The van der Waals surface area contributed by atoms with Gasteiger partial charge in [0.05, 0.1) is 28.8 Å². The average Bonchev–Trinajstić information content (AvgIpc) is 2.84. The summed E-state index contributed by atoms with van der Waals surface area (Å²) in [5, 5.41) is 22.1. The summed E-state index contributed by atoms with van der Waals surface area (Å²) in [7, 11) is 0. The van der Waals surface area contributed by atoms with Crippen molar-refractivity contribution in [3.63, 3.8) is 0 Å². The molecule has 0 saturated heterocycles. The molecule has 1 atom stereocenters. The first-order valence-corrected chi connectivity index (χ1v) is 9.89. The second-order valence-corrected chi connectivity index (χ2v) is 7.50. The van der Waals surface area contributed by atoms with Gasteiger partial charge in [-0.05, 0) is 23.8 Å². The fourth-order valence-electron chi connectivity index (χ4n) is 3.84. The number of ether oxygens (including phenoxy) is 1. The number of hydrogen-bond acceptors (Lipinski definition) is 8. The normalized spacial score (nSPS) is 14.7. The molecule has 13 heteroatoms. The van der Waals surface area contributed by atoms with Gasteiger partial charge in [-0.3, -0.25) is 14.2 Å². The Hall–Kier alpha value is -4.57. The maximum Gasteiger partial charge on any atom is 0.416 e. The fourth-order valence-corrected chi connectivity index (χ4v) is 3.84. The molecule has 4 rings (SSSR count). The topological polar surface area (TPSA) is 157 Å². The molecule has 0 aliphatic carbocycles. The van der Waals surface area contributed by atoms with Crippen molar-refractivity contribution in [3.8, 4) is 17.6 Å². The number of aromatic nitrogens is 1. The van der Waals surface area contributed by atoms with Gasteiger partial charge in [-0.1, -0.05) is 12.1 Å². The summed E-state index contributed by atoms with van der Waals surface area (Å²) in [6.07, 6.45) is -4.57. The Morgan fingerprint density at radius 2 is 1.97 bits per heavy atom. The highest BCUT2D eigenvalue weighted by Gasteiger charge is 2.34. The third-order valence-electron chi connectivity index (χ3n) is 5.45. The first kappa shape index (κ1) is 23.6. The van der Waals surface area contributed by atoms with Crippen LogP contribution in [0, 0.1) is 11.3 Å². The number of pyridine rings is 1. The highest BCUT2D eigenvalue weighted by Crippen LogP contribution is 2.40. The van der Waals surface area contributed by atoms with Gasteiger partial charge in [-0.15, -0.1) is 0 Å². The summed E-state index contributed by atoms with van der Waals surface area (Å²) in [5.74, 6) is 1.86. The Morgan fingerprint density at radius 1 is 1.29 bits per heavy atom. The number of nitrogens with zero attached hydrogens (tertiary/aromatic N) is 2. The van der Waals surface area contributed by atoms with Crippen molar-refractivity contribution in [2.75, 3.05) is 13.2 Å². The molecule has 1 aliphatic heterocycles. The van der Waals surface area contributed by atoms with Crippen LogP contribution in [0.1, 0.15) is 33.1 Å². The first-order chi connectivity index (χ1) is 16.6. The van der Waals surface area contributed by atoms with E-state index < -0.39 is 53.1 Å². The number of rotatable bonds is 4. The van der Waals surface area contributed by atoms with Crippen LogP contribution in [0.4, 0.5) is 13.2 Å². The highest BCUT2D eigenvalue weighted by atomic mass is 19.4. The van der Waals surface area contributed by atoms with Crippen molar-refractivity contribution >= 4 is 22.8 Å². The number of carbonyl (C=O) groups excluding carboxylic acids is 2. The quantitative estimate of drug-likeness (QED) is 0.469. The monoisotopic (exact) mass is 488 g/mol. The van der Waals surface area contributed by atoms with Gasteiger partial charge in [0.1, 0.15) is 30.2 Å². The maximum atomic E-state index is 13.4. The smallest absolute Gasteiger partial charge is 0.416 e. The molecule has 3 aromatic rings. The van der Waals surface area contributed by atoms with Crippen LogP contribution in [0.5, 0.6) is 11.5 Å². The molecule has 4 N–H and O–H groups in total. The summed E-state index contributed by atoms with van der Waals surface area (Å²) >= 11 is 0. The minimum Gasteiger partial charge on any atom is -0.506 e. The van der Waals surface area contributed by atoms with Gasteiger partial charge in [0, 0.05) is 11.5 Å². The van der Waals surface area contributed by atoms with Crippen LogP contribution in [-0.4, -0.2) is 34.7 Å². The molecule has 2 heterocycles. The van der Waals surface area contributed by atoms with Crippen LogP contribution < -0.4 is 21.5 Å². The number of hydrogen-bond donors (Lipinski definition) is 3. The molecule has 0 spiro atoms. The van der Waals surface area contributed by atoms with E-state index in [2.05, 4.69) is 10.2 Å².